The van der Waals surface area contributed by atoms with Gasteiger partial charge in [0.05, 0.1) is 28.3 Å². The van der Waals surface area contributed by atoms with Crippen molar-refractivity contribution in [3.8, 4) is 5.75 Å². The summed E-state index contributed by atoms with van der Waals surface area (Å²) < 4.78 is 37.0. The number of ether oxygens (including phenoxy) is 1. The van der Waals surface area contributed by atoms with Crippen LogP contribution in [0.4, 0.5) is 22.7 Å². The Morgan fingerprint density at radius 3 is 2.41 bits per heavy atom. The standard InChI is InChI=1S/C19H16N6O8S/c1-33-17-7-3-11(34(30,31)32)9-14(17)23-22-13-4-6-16(26)18(19(13)27)24-21-10-2-5-15(25(28)29)12(20)8-10/h2-9,21,23H,20H2,1H3,(H,30,31,32)/b22-13+,24-18-. The number of rotatable bonds is 7. The first-order valence-electron chi connectivity index (χ1n) is 9.15. The fourth-order valence-corrected chi connectivity index (χ4v) is 3.21. The molecule has 0 amide bonds. The first kappa shape index (κ1) is 24.0. The largest absolute Gasteiger partial charge is 0.495 e. The van der Waals surface area contributed by atoms with E-state index in [2.05, 4.69) is 21.1 Å². The van der Waals surface area contributed by atoms with Crippen molar-refractivity contribution in [2.45, 2.75) is 4.90 Å². The summed E-state index contributed by atoms with van der Waals surface area (Å²) >= 11 is 0. The third-order valence-electron chi connectivity index (χ3n) is 4.36. The highest BCUT2D eigenvalue weighted by atomic mass is 32.2. The van der Waals surface area contributed by atoms with Gasteiger partial charge in [-0.2, -0.15) is 18.6 Å². The highest BCUT2D eigenvalue weighted by Crippen LogP contribution is 2.27. The lowest BCUT2D eigenvalue weighted by molar-refractivity contribution is -0.383. The number of benzene rings is 3. The molecule has 0 aliphatic rings. The number of nitro groups is 1. The van der Waals surface area contributed by atoms with Crippen LogP contribution in [0.2, 0.25) is 0 Å². The van der Waals surface area contributed by atoms with Crippen LogP contribution in [0.1, 0.15) is 0 Å². The van der Waals surface area contributed by atoms with E-state index in [9.17, 15) is 32.7 Å². The van der Waals surface area contributed by atoms with Crippen molar-refractivity contribution in [2.75, 3.05) is 23.7 Å². The molecule has 0 saturated carbocycles. The molecule has 0 aliphatic carbocycles. The molecule has 176 valence electrons. The number of nitrogens with two attached hydrogens (primary N) is 1. The second-order valence-corrected chi connectivity index (χ2v) is 8.00. The molecule has 15 heteroatoms. The first-order valence-corrected chi connectivity index (χ1v) is 10.6. The second kappa shape index (κ2) is 9.47. The van der Waals surface area contributed by atoms with E-state index in [0.717, 1.165) is 30.3 Å². The van der Waals surface area contributed by atoms with E-state index in [1.807, 2.05) is 0 Å². The summed E-state index contributed by atoms with van der Waals surface area (Å²) in [6.45, 7) is 0. The molecule has 0 atom stereocenters. The molecule has 0 saturated heterocycles. The summed E-state index contributed by atoms with van der Waals surface area (Å²) in [7, 11) is -3.20. The van der Waals surface area contributed by atoms with Crippen LogP contribution in [0.3, 0.4) is 0 Å². The van der Waals surface area contributed by atoms with Crippen LogP contribution in [-0.2, 0) is 10.1 Å². The van der Waals surface area contributed by atoms with Gasteiger partial charge in [-0.1, -0.05) is 0 Å². The average molecular weight is 488 g/mol. The molecule has 0 unspecified atom stereocenters. The maximum Gasteiger partial charge on any atom is 0.294 e. The van der Waals surface area contributed by atoms with Gasteiger partial charge in [0.25, 0.3) is 15.8 Å². The third kappa shape index (κ3) is 5.22. The Kier molecular flexibility index (Phi) is 6.69. The minimum atomic E-state index is -4.51. The van der Waals surface area contributed by atoms with E-state index < -0.39 is 36.2 Å². The van der Waals surface area contributed by atoms with Crippen LogP contribution in [0.15, 0.2) is 73.2 Å². The first-order chi connectivity index (χ1) is 16.0. The molecule has 3 rings (SSSR count). The topological polar surface area (TPSA) is 216 Å². The van der Waals surface area contributed by atoms with Gasteiger partial charge in [0.1, 0.15) is 16.8 Å². The Bertz CT molecular complexity index is 1610. The number of hydrogen-bond donors (Lipinski definition) is 4. The Labute approximate surface area is 190 Å². The van der Waals surface area contributed by atoms with Crippen molar-refractivity contribution in [3.63, 3.8) is 0 Å². The number of nitrogens with one attached hydrogen (secondary N) is 2. The van der Waals surface area contributed by atoms with Gasteiger partial charge >= 0.3 is 0 Å². The normalized spacial score (nSPS) is 12.4. The maximum atomic E-state index is 12.7. The van der Waals surface area contributed by atoms with E-state index in [-0.39, 0.29) is 33.9 Å². The molecule has 3 aromatic rings. The summed E-state index contributed by atoms with van der Waals surface area (Å²) in [4.78, 5) is 34.5. The highest BCUT2D eigenvalue weighted by Gasteiger charge is 2.13. The van der Waals surface area contributed by atoms with E-state index in [4.69, 9.17) is 10.5 Å². The fraction of sp³-hybridized carbons (Fsp3) is 0.0526. The van der Waals surface area contributed by atoms with Gasteiger partial charge < -0.3 is 10.5 Å². The van der Waals surface area contributed by atoms with Gasteiger partial charge in [0, 0.05) is 6.07 Å². The summed E-state index contributed by atoms with van der Waals surface area (Å²) in [5.74, 6) is 0.159. The van der Waals surface area contributed by atoms with E-state index in [1.54, 1.807) is 0 Å². The minimum absolute atomic E-state index is 0.0150. The van der Waals surface area contributed by atoms with Gasteiger partial charge in [-0.15, -0.1) is 0 Å². The Hall–Kier alpha value is -4.63. The van der Waals surface area contributed by atoms with Crippen molar-refractivity contribution >= 4 is 32.9 Å². The molecule has 0 spiro atoms. The van der Waals surface area contributed by atoms with Crippen LogP contribution in [-0.4, -0.2) is 25.0 Å². The van der Waals surface area contributed by atoms with E-state index in [0.29, 0.717) is 0 Å². The third-order valence-corrected chi connectivity index (χ3v) is 5.21. The van der Waals surface area contributed by atoms with Gasteiger partial charge in [-0.25, -0.2) is 0 Å². The van der Waals surface area contributed by atoms with Gasteiger partial charge in [-0.05, 0) is 42.5 Å². The fourth-order valence-electron chi connectivity index (χ4n) is 2.70. The van der Waals surface area contributed by atoms with Crippen molar-refractivity contribution in [3.05, 3.63) is 89.8 Å². The molecule has 0 fully saturated rings. The van der Waals surface area contributed by atoms with Crippen LogP contribution in [0.25, 0.3) is 0 Å². The summed E-state index contributed by atoms with van der Waals surface area (Å²) in [5, 5.41) is 17.7. The number of anilines is 3. The molecule has 34 heavy (non-hydrogen) atoms. The van der Waals surface area contributed by atoms with Crippen molar-refractivity contribution in [1.82, 2.24) is 0 Å². The predicted molar refractivity (Wildman–Crippen MR) is 120 cm³/mol. The van der Waals surface area contributed by atoms with Crippen LogP contribution < -0.4 is 42.9 Å². The quantitative estimate of drug-likeness (QED) is 0.149. The van der Waals surface area contributed by atoms with Crippen LogP contribution in [0.5, 0.6) is 5.75 Å². The molecule has 14 nitrogen and oxygen atoms in total. The Balaban J connectivity index is 1.99. The molecule has 0 bridgehead atoms. The van der Waals surface area contributed by atoms with Crippen molar-refractivity contribution < 1.29 is 22.6 Å². The zero-order valence-corrected chi connectivity index (χ0v) is 18.1. The zero-order valence-electron chi connectivity index (χ0n) is 17.3. The van der Waals surface area contributed by atoms with Gasteiger partial charge in [-0.3, -0.25) is 35.1 Å². The molecule has 0 aromatic heterocycles. The highest BCUT2D eigenvalue weighted by molar-refractivity contribution is 7.85. The van der Waals surface area contributed by atoms with E-state index >= 15 is 0 Å². The summed E-state index contributed by atoms with van der Waals surface area (Å²) in [6, 6.07) is 9.21. The lowest BCUT2D eigenvalue weighted by atomic mass is 10.2. The minimum Gasteiger partial charge on any atom is -0.495 e. The van der Waals surface area contributed by atoms with Crippen LogP contribution in [0, 0.1) is 10.1 Å². The second-order valence-electron chi connectivity index (χ2n) is 6.58. The number of nitrogen functional groups attached to an aromatic ring is 1. The molecule has 3 aromatic carbocycles. The molecule has 5 N–H and O–H groups in total. The predicted octanol–water partition coefficient (Wildman–Crippen LogP) is -0.116. The molecule has 0 radical (unpaired) electrons. The lowest BCUT2D eigenvalue weighted by Crippen LogP contribution is -2.47. The number of nitro benzene ring substituents is 1. The summed E-state index contributed by atoms with van der Waals surface area (Å²) in [6.07, 6.45) is 0. The maximum absolute atomic E-state index is 12.7. The van der Waals surface area contributed by atoms with Crippen molar-refractivity contribution in [2.24, 2.45) is 10.2 Å². The van der Waals surface area contributed by atoms with Crippen LogP contribution >= 0.6 is 0 Å². The van der Waals surface area contributed by atoms with Gasteiger partial charge in [0.15, 0.2) is 5.36 Å². The molecular formula is C19H16N6O8S. The SMILES string of the molecule is COc1ccc(S(=O)(=O)O)cc1N/N=c1\ccc(=O)/c(=N/Nc2ccc([N+](=O)[O-])c(N)c2)c1=O. The number of methoxy groups -OCH3 is 1. The van der Waals surface area contributed by atoms with Crippen molar-refractivity contribution in [1.29, 1.82) is 0 Å². The van der Waals surface area contributed by atoms with E-state index in [1.165, 1.54) is 25.3 Å². The lowest BCUT2D eigenvalue weighted by Gasteiger charge is -2.08. The summed E-state index contributed by atoms with van der Waals surface area (Å²) in [5.41, 5.74) is 8.64. The number of hydrogen-bond acceptors (Lipinski definition) is 12. The smallest absolute Gasteiger partial charge is 0.294 e. The Morgan fingerprint density at radius 1 is 1.06 bits per heavy atom. The molecule has 0 aliphatic heterocycles. The number of nitrogens with zero attached hydrogens (tertiary/aromatic N) is 3. The zero-order chi connectivity index (χ0) is 25.0. The molecular weight excluding hydrogens is 472 g/mol. The Morgan fingerprint density at radius 2 is 1.79 bits per heavy atom. The monoisotopic (exact) mass is 488 g/mol. The van der Waals surface area contributed by atoms with Gasteiger partial charge in [0.2, 0.25) is 10.9 Å². The average Bonchev–Trinajstić information content (AvgIpc) is 2.77. The molecule has 0 heterocycles.